The first-order chi connectivity index (χ1) is 14.2. The van der Waals surface area contributed by atoms with Crippen molar-refractivity contribution in [2.24, 2.45) is 5.14 Å². The molecular formula is C21H23ClN4O2S2. The van der Waals surface area contributed by atoms with Crippen LogP contribution in [-0.2, 0) is 10.0 Å². The van der Waals surface area contributed by atoms with Crippen molar-refractivity contribution >= 4 is 38.1 Å². The van der Waals surface area contributed by atoms with Crippen molar-refractivity contribution in [3.05, 3.63) is 53.6 Å². The molecule has 1 fully saturated rings. The molecule has 2 aromatic carbocycles. The van der Waals surface area contributed by atoms with Gasteiger partial charge in [-0.2, -0.15) is 0 Å². The van der Waals surface area contributed by atoms with E-state index in [1.807, 2.05) is 24.3 Å². The molecule has 1 aliphatic heterocycles. The molecule has 2 heterocycles. The molecule has 0 bridgehead atoms. The van der Waals surface area contributed by atoms with E-state index in [0.717, 1.165) is 46.5 Å². The van der Waals surface area contributed by atoms with Crippen molar-refractivity contribution in [1.29, 1.82) is 0 Å². The number of aromatic nitrogens is 1. The minimum absolute atomic E-state index is 0.0944. The number of primary sulfonamides is 1. The highest BCUT2D eigenvalue weighted by Gasteiger charge is 2.25. The molecule has 1 saturated heterocycles. The molecule has 1 unspecified atom stereocenters. The highest BCUT2D eigenvalue weighted by Crippen LogP contribution is 2.41. The lowest BCUT2D eigenvalue weighted by molar-refractivity contribution is 0.234. The Morgan fingerprint density at radius 2 is 1.70 bits per heavy atom. The van der Waals surface area contributed by atoms with Crippen LogP contribution in [0, 0.1) is 0 Å². The Bertz CT molecular complexity index is 1140. The van der Waals surface area contributed by atoms with E-state index in [1.165, 1.54) is 12.1 Å². The fourth-order valence-electron chi connectivity index (χ4n) is 3.46. The average Bonchev–Trinajstić information content (AvgIpc) is 3.15. The second kappa shape index (κ2) is 8.28. The molecule has 6 nitrogen and oxygen atoms in total. The monoisotopic (exact) mass is 462 g/mol. The van der Waals surface area contributed by atoms with Crippen LogP contribution in [0.4, 0.5) is 5.13 Å². The molecule has 2 N–H and O–H groups in total. The first-order valence-electron chi connectivity index (χ1n) is 9.57. The van der Waals surface area contributed by atoms with Gasteiger partial charge >= 0.3 is 0 Å². The lowest BCUT2D eigenvalue weighted by Crippen LogP contribution is -2.50. The molecule has 9 heteroatoms. The zero-order valence-electron chi connectivity index (χ0n) is 16.7. The van der Waals surface area contributed by atoms with Crippen molar-refractivity contribution in [2.75, 3.05) is 31.6 Å². The first-order valence-corrected chi connectivity index (χ1v) is 12.3. The van der Waals surface area contributed by atoms with Gasteiger partial charge in [-0.1, -0.05) is 47.2 Å². The van der Waals surface area contributed by atoms with Crippen molar-refractivity contribution < 1.29 is 8.42 Å². The molecule has 0 saturated carbocycles. The van der Waals surface area contributed by atoms with Gasteiger partial charge in [-0.25, -0.2) is 18.5 Å². The first kappa shape index (κ1) is 21.3. The van der Waals surface area contributed by atoms with Crippen molar-refractivity contribution in [3.8, 4) is 21.7 Å². The number of hydrogen-bond donors (Lipinski definition) is 1. The van der Waals surface area contributed by atoms with Gasteiger partial charge in [0.15, 0.2) is 5.13 Å². The predicted octanol–water partition coefficient (Wildman–Crippen LogP) is 3.92. The van der Waals surface area contributed by atoms with Gasteiger partial charge in [0.2, 0.25) is 10.0 Å². The molecular weight excluding hydrogens is 440 g/mol. The molecule has 0 spiro atoms. The molecule has 1 atom stereocenters. The maximum absolute atomic E-state index is 11.6. The number of sulfonamides is 1. The number of hydrogen-bond acceptors (Lipinski definition) is 6. The molecule has 1 aliphatic rings. The van der Waals surface area contributed by atoms with Crippen LogP contribution in [0.15, 0.2) is 53.4 Å². The number of thiazole rings is 1. The van der Waals surface area contributed by atoms with E-state index in [4.69, 9.17) is 21.7 Å². The second-order valence-corrected chi connectivity index (χ2v) is 10.5. The molecule has 0 aliphatic carbocycles. The minimum Gasteiger partial charge on any atom is -0.345 e. The summed E-state index contributed by atoms with van der Waals surface area (Å²) >= 11 is 7.69. The summed E-state index contributed by atoms with van der Waals surface area (Å²) in [7, 11) is -1.59. The van der Waals surface area contributed by atoms with Crippen molar-refractivity contribution in [3.63, 3.8) is 0 Å². The molecule has 3 aromatic rings. The van der Waals surface area contributed by atoms with Gasteiger partial charge in [0, 0.05) is 36.3 Å². The normalized spacial score (nSPS) is 18.0. The van der Waals surface area contributed by atoms with Gasteiger partial charge in [0.1, 0.15) is 0 Å². The van der Waals surface area contributed by atoms with Crippen LogP contribution >= 0.6 is 22.9 Å². The second-order valence-electron chi connectivity index (χ2n) is 7.53. The third-order valence-corrected chi connectivity index (χ3v) is 7.76. The number of halogens is 1. The van der Waals surface area contributed by atoms with Gasteiger partial charge < -0.3 is 9.80 Å². The van der Waals surface area contributed by atoms with Crippen molar-refractivity contribution in [1.82, 2.24) is 9.88 Å². The molecule has 158 valence electrons. The molecule has 0 amide bonds. The summed E-state index contributed by atoms with van der Waals surface area (Å²) in [5, 5.41) is 6.88. The van der Waals surface area contributed by atoms with Crippen LogP contribution in [0.1, 0.15) is 6.92 Å². The van der Waals surface area contributed by atoms with Crippen LogP contribution in [-0.4, -0.2) is 51.0 Å². The Morgan fingerprint density at radius 3 is 2.30 bits per heavy atom. The Hall–Kier alpha value is -1.97. The summed E-state index contributed by atoms with van der Waals surface area (Å²) in [5.41, 5.74) is 2.73. The number of rotatable bonds is 4. The average molecular weight is 463 g/mol. The maximum Gasteiger partial charge on any atom is 0.238 e. The Labute approximate surface area is 186 Å². The van der Waals surface area contributed by atoms with E-state index in [2.05, 4.69) is 23.8 Å². The summed E-state index contributed by atoms with van der Waals surface area (Å²) in [6, 6.07) is 14.7. The lowest BCUT2D eigenvalue weighted by Gasteiger charge is -2.37. The van der Waals surface area contributed by atoms with E-state index < -0.39 is 10.0 Å². The lowest BCUT2D eigenvalue weighted by atomic mass is 10.1. The fraction of sp³-hybridized carbons (Fsp3) is 0.286. The number of nitrogens with two attached hydrogens (primary N) is 1. The SMILES string of the molecule is CC1CN(c2nc(-c3ccc(Cl)cc3)c(-c3ccc(S(N)(=O)=O)cc3)s2)CCN1C. The fourth-order valence-corrected chi connectivity index (χ4v) is 5.23. The zero-order chi connectivity index (χ0) is 21.5. The maximum atomic E-state index is 11.6. The van der Waals surface area contributed by atoms with Crippen LogP contribution in [0.5, 0.6) is 0 Å². The minimum atomic E-state index is -3.73. The van der Waals surface area contributed by atoms with E-state index in [9.17, 15) is 8.42 Å². The van der Waals surface area contributed by atoms with E-state index in [-0.39, 0.29) is 4.90 Å². The summed E-state index contributed by atoms with van der Waals surface area (Å²) in [6.07, 6.45) is 0. The Morgan fingerprint density at radius 1 is 1.07 bits per heavy atom. The van der Waals surface area contributed by atoms with Gasteiger partial charge in [-0.15, -0.1) is 0 Å². The Kier molecular flexibility index (Phi) is 5.87. The van der Waals surface area contributed by atoms with Crippen LogP contribution in [0.3, 0.4) is 0 Å². The van der Waals surface area contributed by atoms with Gasteiger partial charge in [-0.3, -0.25) is 0 Å². The largest absolute Gasteiger partial charge is 0.345 e. The molecule has 1 aromatic heterocycles. The Balaban J connectivity index is 1.78. The summed E-state index contributed by atoms with van der Waals surface area (Å²) in [5.74, 6) is 0. The topological polar surface area (TPSA) is 79.5 Å². The van der Waals surface area contributed by atoms with Gasteiger partial charge in [-0.05, 0) is 43.8 Å². The zero-order valence-corrected chi connectivity index (χ0v) is 19.1. The van der Waals surface area contributed by atoms with Crippen LogP contribution in [0.25, 0.3) is 21.7 Å². The summed E-state index contributed by atoms with van der Waals surface area (Å²) in [4.78, 5) is 10.7. The number of likely N-dealkylation sites (N-methyl/N-ethyl adjacent to an activating group) is 1. The van der Waals surface area contributed by atoms with E-state index >= 15 is 0 Å². The van der Waals surface area contributed by atoms with Crippen molar-refractivity contribution in [2.45, 2.75) is 17.9 Å². The number of anilines is 1. The standard InChI is InChI=1S/C21H23ClN4O2S2/c1-14-13-26(12-11-25(14)2)21-24-19(15-3-7-17(22)8-4-15)20(29-21)16-5-9-18(10-6-16)30(23,27)28/h3-10,14H,11-13H2,1-2H3,(H2,23,27,28). The van der Waals surface area contributed by atoms with E-state index in [0.29, 0.717) is 11.1 Å². The third kappa shape index (κ3) is 4.38. The quantitative estimate of drug-likeness (QED) is 0.635. The molecule has 4 rings (SSSR count). The molecule has 0 radical (unpaired) electrons. The number of benzene rings is 2. The third-order valence-electron chi connectivity index (χ3n) is 5.41. The summed E-state index contributed by atoms with van der Waals surface area (Å²) < 4.78 is 23.2. The van der Waals surface area contributed by atoms with Crippen LogP contribution in [0.2, 0.25) is 5.02 Å². The highest BCUT2D eigenvalue weighted by atomic mass is 35.5. The highest BCUT2D eigenvalue weighted by molar-refractivity contribution is 7.89. The molecule has 30 heavy (non-hydrogen) atoms. The van der Waals surface area contributed by atoms with Gasteiger partial charge in [0.05, 0.1) is 15.5 Å². The smallest absolute Gasteiger partial charge is 0.238 e. The van der Waals surface area contributed by atoms with Gasteiger partial charge in [0.25, 0.3) is 0 Å². The number of nitrogens with zero attached hydrogens (tertiary/aromatic N) is 3. The summed E-state index contributed by atoms with van der Waals surface area (Å²) in [6.45, 7) is 5.02. The van der Waals surface area contributed by atoms with Crippen LogP contribution < -0.4 is 10.0 Å². The predicted molar refractivity (Wildman–Crippen MR) is 124 cm³/mol. The van der Waals surface area contributed by atoms with E-state index in [1.54, 1.807) is 23.5 Å². The number of piperazine rings is 1.